The fourth-order valence-electron chi connectivity index (χ4n) is 8.53. The van der Waals surface area contributed by atoms with Gasteiger partial charge in [-0.15, -0.1) is 113 Å². The van der Waals surface area contributed by atoms with Gasteiger partial charge in [-0.3, -0.25) is 53.9 Å². The number of aromatic nitrogens is 10. The topological polar surface area (TPSA) is 97.1 Å². The Hall–Kier alpha value is -8.28. The molecule has 22 heteroatoms. The number of halogens is 8. The number of rotatable bonds is 6. The number of fused-ring (bicyclic) bond motifs is 3. The molecule has 466 valence electrons. The molecule has 13 aromatic rings. The van der Waals surface area contributed by atoms with Crippen LogP contribution in [0, 0.1) is 89.9 Å². The number of hydrogen-bond acceptors (Lipinski definition) is 6. The zero-order valence-electron chi connectivity index (χ0n) is 47.2. The van der Waals surface area contributed by atoms with E-state index in [1.54, 1.807) is 73.6 Å². The third-order valence-electron chi connectivity index (χ3n) is 12.6. The molecule has 0 N–H and O–H groups in total. The Bertz CT molecular complexity index is 4070. The molecule has 7 aromatic carbocycles. The number of benzene rings is 7. The van der Waals surface area contributed by atoms with Crippen LogP contribution in [0.4, 0.5) is 35.1 Å². The summed E-state index contributed by atoms with van der Waals surface area (Å²) in [4.78, 5) is 8.19. The molecule has 0 amide bonds. The molecule has 6 heterocycles. The van der Waals surface area contributed by atoms with E-state index >= 15 is 0 Å². The average molecular weight is 1920 g/mol. The Morgan fingerprint density at radius 3 is 1.22 bits per heavy atom. The first-order valence-electron chi connectivity index (χ1n) is 26.1. The molecule has 0 unspecified atom stereocenters. The fraction of sp³-hybridized carbons (Fsp3) is 0.0588. The van der Waals surface area contributed by atoms with Crippen molar-refractivity contribution >= 4 is 0 Å². The standard InChI is InChI=1S/C18H15N2.C12H10N.C11H6F2N.3C9H5F2N2.4Ir/c1-18(2)16-7-4-3-6-14(16)15-12-13(8-9-17(15)18)20-11-5-10-19-20;1-10-5-7-11(8-6-10)12-4-2-3-9-13-12;12-8-4-5-9(10(13)7-8)11-3-1-2-6-14-11;3*10-7-2-3-9(8(11)6-7)13-5-1-4-12-13;;;;/h3-11H,1-2H3;2-7,9H,1H3;1-4,6-7H;3*1-2,4-6H;;;;/q6*-1;;;;. The molecule has 0 saturated carbocycles. The predicted octanol–water partition coefficient (Wildman–Crippen LogP) is 15.5. The average Bonchev–Trinajstić information content (AvgIpc) is 1.63. The zero-order chi connectivity index (χ0) is 60.6. The van der Waals surface area contributed by atoms with E-state index in [2.05, 4.69) is 130 Å². The van der Waals surface area contributed by atoms with E-state index in [-0.39, 0.29) is 108 Å². The summed E-state index contributed by atoms with van der Waals surface area (Å²) in [5, 5.41) is 15.7. The summed E-state index contributed by atoms with van der Waals surface area (Å²) in [6, 6.07) is 61.0. The van der Waals surface area contributed by atoms with Crippen molar-refractivity contribution in [2.24, 2.45) is 0 Å². The van der Waals surface area contributed by atoms with Gasteiger partial charge in [0.15, 0.2) is 0 Å². The van der Waals surface area contributed by atoms with Crippen molar-refractivity contribution in [3.05, 3.63) is 325 Å². The summed E-state index contributed by atoms with van der Waals surface area (Å²) in [5.41, 5.74) is 10.5. The first-order chi connectivity index (χ1) is 41.6. The van der Waals surface area contributed by atoms with Gasteiger partial charge in [0.2, 0.25) is 0 Å². The molecule has 14 rings (SSSR count). The molecule has 4 radical (unpaired) electrons. The second-order valence-electron chi connectivity index (χ2n) is 18.9. The molecule has 0 bridgehead atoms. The number of aryl methyl sites for hydroxylation is 1. The van der Waals surface area contributed by atoms with Gasteiger partial charge in [0.1, 0.15) is 0 Å². The van der Waals surface area contributed by atoms with Gasteiger partial charge in [-0.05, 0) is 76.0 Å². The quantitative estimate of drug-likeness (QED) is 0.122. The van der Waals surface area contributed by atoms with Crippen molar-refractivity contribution in [3.8, 4) is 56.4 Å². The van der Waals surface area contributed by atoms with E-state index in [4.69, 9.17) is 0 Å². The molecule has 0 fully saturated rings. The Morgan fingerprint density at radius 1 is 0.378 bits per heavy atom. The monoisotopic (exact) mass is 1930 g/mol. The third-order valence-corrected chi connectivity index (χ3v) is 12.6. The van der Waals surface area contributed by atoms with Gasteiger partial charge in [-0.25, -0.2) is 0 Å². The van der Waals surface area contributed by atoms with E-state index in [0.29, 0.717) is 5.69 Å². The van der Waals surface area contributed by atoms with Crippen LogP contribution in [-0.2, 0) is 85.8 Å². The zero-order valence-corrected chi connectivity index (χ0v) is 56.8. The molecule has 10 nitrogen and oxygen atoms in total. The minimum Gasteiger partial charge on any atom is -0.305 e. The SMILES string of the molecule is CC1(C)c2ccc(-n3cccn3)[c-]c2-c2ccccc21.Cc1c[c-]c(-c2ccccn2)cc1.Fc1c[c-]c(-c2ccccn2)c(F)c1.Fc1c[c-]c(-n2cccn2)c(F)c1.Fc1c[c-]c(-n2cccn2)c(F)c1.Fc1c[c-]c(-n2cccn2)c(F)c1.[Ir].[Ir].[Ir].[Ir]. The van der Waals surface area contributed by atoms with Crippen LogP contribution in [0.5, 0.6) is 0 Å². The Labute approximate surface area is 568 Å². The molecule has 1 aliphatic rings. The van der Waals surface area contributed by atoms with Crippen LogP contribution >= 0.6 is 0 Å². The second kappa shape index (κ2) is 34.6. The first kappa shape index (κ1) is 72.5. The van der Waals surface area contributed by atoms with Crippen LogP contribution in [0.15, 0.2) is 226 Å². The van der Waals surface area contributed by atoms with Gasteiger partial charge in [-0.1, -0.05) is 92.1 Å². The molecule has 0 spiro atoms. The molecule has 0 saturated heterocycles. The fourth-order valence-corrected chi connectivity index (χ4v) is 8.53. The second-order valence-corrected chi connectivity index (χ2v) is 18.9. The Kier molecular flexibility index (Phi) is 27.9. The van der Waals surface area contributed by atoms with Crippen molar-refractivity contribution in [2.45, 2.75) is 26.2 Å². The van der Waals surface area contributed by atoms with Crippen molar-refractivity contribution in [1.82, 2.24) is 49.1 Å². The summed E-state index contributed by atoms with van der Waals surface area (Å²) in [7, 11) is 0. The van der Waals surface area contributed by atoms with Gasteiger partial charge in [0.25, 0.3) is 0 Å². The van der Waals surface area contributed by atoms with Crippen molar-refractivity contribution in [1.29, 1.82) is 0 Å². The maximum absolute atomic E-state index is 13.2. The van der Waals surface area contributed by atoms with E-state index in [1.807, 2.05) is 47.3 Å². The summed E-state index contributed by atoms with van der Waals surface area (Å²) in [6.07, 6.45) is 16.3. The Morgan fingerprint density at radius 2 is 0.811 bits per heavy atom. The predicted molar refractivity (Wildman–Crippen MR) is 309 cm³/mol. The van der Waals surface area contributed by atoms with E-state index in [9.17, 15) is 35.1 Å². The van der Waals surface area contributed by atoms with Gasteiger partial charge >= 0.3 is 0 Å². The van der Waals surface area contributed by atoms with Crippen molar-refractivity contribution in [2.75, 3.05) is 0 Å². The van der Waals surface area contributed by atoms with Crippen LogP contribution in [0.1, 0.15) is 30.5 Å². The van der Waals surface area contributed by atoms with Crippen LogP contribution in [0.3, 0.4) is 0 Å². The summed E-state index contributed by atoms with van der Waals surface area (Å²) < 4.78 is 108. The minimum absolute atomic E-state index is 0. The molecule has 0 aliphatic heterocycles. The van der Waals surface area contributed by atoms with E-state index in [0.717, 1.165) is 65.5 Å². The molecule has 1 aliphatic carbocycles. The smallest absolute Gasteiger partial charge is 0.0493 e. The molecular weight excluding hydrogens is 1880 g/mol. The van der Waals surface area contributed by atoms with Crippen molar-refractivity contribution < 1.29 is 116 Å². The summed E-state index contributed by atoms with van der Waals surface area (Å²) in [5.74, 6) is -5.25. The number of nitrogens with zero attached hydrogens (tertiary/aromatic N) is 10. The van der Waals surface area contributed by atoms with Gasteiger partial charge in [0, 0.05) is 189 Å². The first-order valence-corrected chi connectivity index (χ1v) is 26.1. The maximum atomic E-state index is 13.2. The van der Waals surface area contributed by atoms with Gasteiger partial charge in [0.05, 0.1) is 0 Å². The third kappa shape index (κ3) is 18.9. The maximum Gasteiger partial charge on any atom is 0.0493 e. The summed E-state index contributed by atoms with van der Waals surface area (Å²) >= 11 is 0. The van der Waals surface area contributed by atoms with Gasteiger partial charge < -0.3 is 9.97 Å². The molecule has 6 aromatic heterocycles. The van der Waals surface area contributed by atoms with Crippen LogP contribution < -0.4 is 0 Å². The Balaban J connectivity index is 0.000000196. The van der Waals surface area contributed by atoms with Gasteiger partial charge in [-0.2, -0.15) is 38.6 Å². The number of hydrogen-bond donors (Lipinski definition) is 0. The molecule has 90 heavy (non-hydrogen) atoms. The summed E-state index contributed by atoms with van der Waals surface area (Å²) in [6.45, 7) is 6.61. The number of pyridine rings is 2. The van der Waals surface area contributed by atoms with Crippen molar-refractivity contribution in [3.63, 3.8) is 0 Å². The molecular formula is C68H46F8Ir4N10-6. The van der Waals surface area contributed by atoms with E-state index in [1.165, 1.54) is 60.5 Å². The van der Waals surface area contributed by atoms with E-state index < -0.39 is 46.5 Å². The van der Waals surface area contributed by atoms with Crippen LogP contribution in [-0.4, -0.2) is 49.1 Å². The van der Waals surface area contributed by atoms with Crippen LogP contribution in [0.25, 0.3) is 56.4 Å². The normalized spacial score (nSPS) is 10.8. The largest absolute Gasteiger partial charge is 0.305 e. The van der Waals surface area contributed by atoms with Crippen LogP contribution in [0.2, 0.25) is 0 Å². The molecule has 0 atom stereocenters. The minimum atomic E-state index is -0.677.